The van der Waals surface area contributed by atoms with Crippen LogP contribution in [0.3, 0.4) is 0 Å². The number of hydrogen-bond donors (Lipinski definition) is 2. The number of methoxy groups -OCH3 is 1. The molecule has 0 aromatic heterocycles. The standard InChI is InChI=1S/C17H16FN3O6/c1-9(16(22)20-13-5-3-4-6-14(13)21(24)25)27-17(23)10-7-15(26-2)12(19)8-11(10)18/h3-9H,19H2,1-2H3,(H,20,22)/t9-/m0/s1. The number of carbonyl (C=O) groups excluding carboxylic acids is 2. The van der Waals surface area contributed by atoms with Gasteiger partial charge in [-0.1, -0.05) is 12.1 Å². The molecule has 0 saturated heterocycles. The fourth-order valence-corrected chi connectivity index (χ4v) is 2.15. The molecular weight excluding hydrogens is 361 g/mol. The Labute approximate surface area is 153 Å². The average molecular weight is 377 g/mol. The fourth-order valence-electron chi connectivity index (χ4n) is 2.15. The first-order valence-electron chi connectivity index (χ1n) is 7.62. The first-order chi connectivity index (χ1) is 12.7. The lowest BCUT2D eigenvalue weighted by atomic mass is 10.1. The molecule has 1 amide bonds. The molecule has 0 radical (unpaired) electrons. The van der Waals surface area contributed by atoms with Crippen LogP contribution in [0.4, 0.5) is 21.5 Å². The van der Waals surface area contributed by atoms with Crippen molar-refractivity contribution < 1.29 is 28.4 Å². The second kappa shape index (κ2) is 8.13. The van der Waals surface area contributed by atoms with Crippen LogP contribution >= 0.6 is 0 Å². The van der Waals surface area contributed by atoms with E-state index >= 15 is 0 Å². The van der Waals surface area contributed by atoms with E-state index < -0.39 is 34.3 Å². The maximum Gasteiger partial charge on any atom is 0.342 e. The van der Waals surface area contributed by atoms with Gasteiger partial charge in [-0.3, -0.25) is 14.9 Å². The Morgan fingerprint density at radius 1 is 1.30 bits per heavy atom. The van der Waals surface area contributed by atoms with Crippen molar-refractivity contribution in [3.8, 4) is 5.75 Å². The van der Waals surface area contributed by atoms with Crippen LogP contribution in [0.2, 0.25) is 0 Å². The molecule has 0 aliphatic rings. The summed E-state index contributed by atoms with van der Waals surface area (Å²) in [6, 6.07) is 7.42. The molecule has 142 valence electrons. The quantitative estimate of drug-likeness (QED) is 0.342. The number of esters is 1. The molecule has 0 spiro atoms. The lowest BCUT2D eigenvalue weighted by Crippen LogP contribution is -2.30. The van der Waals surface area contributed by atoms with Gasteiger partial charge in [0.05, 0.1) is 23.3 Å². The summed E-state index contributed by atoms with van der Waals surface area (Å²) < 4.78 is 23.8. The van der Waals surface area contributed by atoms with Gasteiger partial charge in [-0.15, -0.1) is 0 Å². The van der Waals surface area contributed by atoms with E-state index in [-0.39, 0.29) is 22.8 Å². The summed E-state index contributed by atoms with van der Waals surface area (Å²) >= 11 is 0. The van der Waals surface area contributed by atoms with Crippen molar-refractivity contribution in [2.24, 2.45) is 0 Å². The van der Waals surface area contributed by atoms with Crippen LogP contribution in [0.25, 0.3) is 0 Å². The lowest BCUT2D eigenvalue weighted by molar-refractivity contribution is -0.383. The van der Waals surface area contributed by atoms with Crippen LogP contribution in [-0.4, -0.2) is 30.0 Å². The molecule has 2 aromatic rings. The fraction of sp³-hybridized carbons (Fsp3) is 0.176. The van der Waals surface area contributed by atoms with Crippen molar-refractivity contribution in [2.45, 2.75) is 13.0 Å². The summed E-state index contributed by atoms with van der Waals surface area (Å²) in [5.41, 5.74) is 4.69. The predicted molar refractivity (Wildman–Crippen MR) is 94.0 cm³/mol. The molecule has 9 nitrogen and oxygen atoms in total. The third-order valence-corrected chi connectivity index (χ3v) is 3.55. The summed E-state index contributed by atoms with van der Waals surface area (Å²) in [7, 11) is 1.29. The van der Waals surface area contributed by atoms with E-state index in [1.165, 1.54) is 38.3 Å². The zero-order chi connectivity index (χ0) is 20.1. The number of nitrogen functional groups attached to an aromatic ring is 1. The molecule has 0 bridgehead atoms. The molecule has 0 heterocycles. The Morgan fingerprint density at radius 2 is 1.96 bits per heavy atom. The van der Waals surface area contributed by atoms with Gasteiger partial charge in [0.25, 0.3) is 11.6 Å². The molecule has 0 aliphatic heterocycles. The van der Waals surface area contributed by atoms with Gasteiger partial charge < -0.3 is 20.5 Å². The summed E-state index contributed by atoms with van der Waals surface area (Å²) in [5, 5.41) is 13.3. The minimum atomic E-state index is -1.35. The third kappa shape index (κ3) is 4.48. The van der Waals surface area contributed by atoms with E-state index in [9.17, 15) is 24.1 Å². The maximum atomic E-state index is 13.9. The molecule has 2 rings (SSSR count). The Morgan fingerprint density at radius 3 is 2.59 bits per heavy atom. The first kappa shape index (κ1) is 19.6. The number of benzene rings is 2. The van der Waals surface area contributed by atoms with Crippen LogP contribution in [0, 0.1) is 15.9 Å². The van der Waals surface area contributed by atoms with Crippen LogP contribution in [0.5, 0.6) is 5.75 Å². The predicted octanol–water partition coefficient (Wildman–Crippen LogP) is 2.51. The van der Waals surface area contributed by atoms with Gasteiger partial charge in [-0.05, 0) is 19.1 Å². The second-order valence-electron chi connectivity index (χ2n) is 5.39. The van der Waals surface area contributed by atoms with E-state index in [0.29, 0.717) is 0 Å². The number of rotatable bonds is 6. The first-order valence-corrected chi connectivity index (χ1v) is 7.62. The highest BCUT2D eigenvalue weighted by Crippen LogP contribution is 2.26. The number of ether oxygens (including phenoxy) is 2. The Bertz CT molecular complexity index is 902. The Hall–Kier alpha value is -3.69. The molecule has 0 saturated carbocycles. The van der Waals surface area contributed by atoms with Crippen molar-refractivity contribution in [3.05, 3.63) is 57.9 Å². The SMILES string of the molecule is COc1cc(C(=O)O[C@@H](C)C(=O)Nc2ccccc2[N+](=O)[O-])c(F)cc1N. The summed E-state index contributed by atoms with van der Waals surface area (Å²) in [4.78, 5) is 34.6. The molecule has 0 unspecified atom stereocenters. The maximum absolute atomic E-state index is 13.9. The zero-order valence-corrected chi connectivity index (χ0v) is 14.4. The number of amides is 1. The highest BCUT2D eigenvalue weighted by atomic mass is 19.1. The van der Waals surface area contributed by atoms with Gasteiger partial charge >= 0.3 is 5.97 Å². The normalized spacial score (nSPS) is 11.4. The number of carbonyl (C=O) groups is 2. The molecule has 0 aliphatic carbocycles. The molecular formula is C17H16FN3O6. The Kier molecular flexibility index (Phi) is 5.91. The highest BCUT2D eigenvalue weighted by molar-refractivity contribution is 5.99. The smallest absolute Gasteiger partial charge is 0.342 e. The van der Waals surface area contributed by atoms with Crippen molar-refractivity contribution >= 4 is 28.9 Å². The van der Waals surface area contributed by atoms with Gasteiger partial charge in [-0.25, -0.2) is 9.18 Å². The van der Waals surface area contributed by atoms with Crippen LogP contribution < -0.4 is 15.8 Å². The third-order valence-electron chi connectivity index (χ3n) is 3.55. The molecule has 0 fully saturated rings. The second-order valence-corrected chi connectivity index (χ2v) is 5.39. The van der Waals surface area contributed by atoms with E-state index in [2.05, 4.69) is 5.32 Å². The van der Waals surface area contributed by atoms with Gasteiger partial charge in [-0.2, -0.15) is 0 Å². The topological polar surface area (TPSA) is 134 Å². The average Bonchev–Trinajstić information content (AvgIpc) is 2.61. The van der Waals surface area contributed by atoms with Crippen molar-refractivity contribution in [2.75, 3.05) is 18.2 Å². The van der Waals surface area contributed by atoms with Gasteiger partial charge in [0, 0.05) is 12.1 Å². The van der Waals surface area contributed by atoms with Crippen LogP contribution in [-0.2, 0) is 9.53 Å². The van der Waals surface area contributed by atoms with Crippen LogP contribution in [0.1, 0.15) is 17.3 Å². The molecule has 3 N–H and O–H groups in total. The number of nitro groups is 1. The van der Waals surface area contributed by atoms with Crippen molar-refractivity contribution in [1.82, 2.24) is 0 Å². The molecule has 1 atom stereocenters. The number of nitro benzene ring substituents is 1. The number of halogens is 1. The molecule has 2 aromatic carbocycles. The summed E-state index contributed by atoms with van der Waals surface area (Å²) in [5.74, 6) is -2.80. The van der Waals surface area contributed by atoms with E-state index in [0.717, 1.165) is 12.1 Å². The van der Waals surface area contributed by atoms with Gasteiger partial charge in [0.1, 0.15) is 17.3 Å². The number of nitrogens with zero attached hydrogens (tertiary/aromatic N) is 1. The monoisotopic (exact) mass is 377 g/mol. The zero-order valence-electron chi connectivity index (χ0n) is 14.4. The Balaban J connectivity index is 2.13. The summed E-state index contributed by atoms with van der Waals surface area (Å²) in [6.07, 6.45) is -1.35. The minimum absolute atomic E-state index is 0.00581. The number of anilines is 2. The van der Waals surface area contributed by atoms with Gasteiger partial charge in [0.2, 0.25) is 0 Å². The van der Waals surface area contributed by atoms with E-state index in [1.54, 1.807) is 0 Å². The van der Waals surface area contributed by atoms with Crippen molar-refractivity contribution in [3.63, 3.8) is 0 Å². The molecule has 10 heteroatoms. The van der Waals surface area contributed by atoms with Crippen molar-refractivity contribution in [1.29, 1.82) is 0 Å². The van der Waals surface area contributed by atoms with Gasteiger partial charge in [0.15, 0.2) is 6.10 Å². The highest BCUT2D eigenvalue weighted by Gasteiger charge is 2.24. The van der Waals surface area contributed by atoms with E-state index in [1.807, 2.05) is 0 Å². The number of hydrogen-bond acceptors (Lipinski definition) is 7. The number of para-hydroxylation sites is 2. The number of nitrogens with two attached hydrogens (primary N) is 1. The molecule has 27 heavy (non-hydrogen) atoms. The largest absolute Gasteiger partial charge is 0.495 e. The van der Waals surface area contributed by atoms with Crippen LogP contribution in [0.15, 0.2) is 36.4 Å². The minimum Gasteiger partial charge on any atom is -0.495 e. The lowest BCUT2D eigenvalue weighted by Gasteiger charge is -2.14. The number of nitrogens with one attached hydrogen (secondary N) is 1. The van der Waals surface area contributed by atoms with E-state index in [4.69, 9.17) is 15.2 Å². The summed E-state index contributed by atoms with van der Waals surface area (Å²) in [6.45, 7) is 1.24.